The Hall–Kier alpha value is -1.31. The highest BCUT2D eigenvalue weighted by Crippen LogP contribution is 2.22. The van der Waals surface area contributed by atoms with E-state index in [4.69, 9.17) is 4.74 Å². The van der Waals surface area contributed by atoms with Gasteiger partial charge in [-0.2, -0.15) is 4.68 Å². The Balaban J connectivity index is 1.76. The van der Waals surface area contributed by atoms with Crippen LogP contribution in [0.15, 0.2) is 28.7 Å². The molecule has 0 N–H and O–H groups in total. The standard InChI is InChI=1S/C16H22BrN5O/c1-23-12-13-6-4-5-9-21(10-13)11-16-18-19-20-22(16)15-8-3-2-7-14(15)17/h2-3,7-8,13H,4-6,9-12H2,1H3. The molecule has 7 heteroatoms. The molecule has 1 aliphatic heterocycles. The minimum atomic E-state index is 0.593. The van der Waals surface area contributed by atoms with Gasteiger partial charge in [-0.15, -0.1) is 5.10 Å². The normalized spacial score (nSPS) is 19.7. The summed E-state index contributed by atoms with van der Waals surface area (Å²) in [5.74, 6) is 1.46. The number of ether oxygens (including phenoxy) is 1. The van der Waals surface area contributed by atoms with Gasteiger partial charge < -0.3 is 4.74 Å². The highest BCUT2D eigenvalue weighted by molar-refractivity contribution is 9.10. The SMILES string of the molecule is COCC1CCCCN(Cc2nnnn2-c2ccccc2Br)C1. The molecule has 23 heavy (non-hydrogen) atoms. The molecular weight excluding hydrogens is 358 g/mol. The van der Waals surface area contributed by atoms with Crippen molar-refractivity contribution in [1.29, 1.82) is 0 Å². The van der Waals surface area contributed by atoms with Gasteiger partial charge in [-0.25, -0.2) is 0 Å². The van der Waals surface area contributed by atoms with E-state index in [-0.39, 0.29) is 0 Å². The largest absolute Gasteiger partial charge is 0.384 e. The van der Waals surface area contributed by atoms with Gasteiger partial charge in [-0.05, 0) is 63.8 Å². The van der Waals surface area contributed by atoms with E-state index in [2.05, 4.69) is 36.4 Å². The number of hydrogen-bond acceptors (Lipinski definition) is 5. The second-order valence-electron chi connectivity index (χ2n) is 6.01. The number of likely N-dealkylation sites (tertiary alicyclic amines) is 1. The maximum absolute atomic E-state index is 5.35. The summed E-state index contributed by atoms with van der Waals surface area (Å²) in [6, 6.07) is 8.00. The molecule has 0 aliphatic carbocycles. The number of benzene rings is 1. The number of nitrogens with zero attached hydrogens (tertiary/aromatic N) is 5. The first-order valence-corrected chi connectivity index (χ1v) is 8.80. The van der Waals surface area contributed by atoms with E-state index < -0.39 is 0 Å². The molecule has 1 aromatic heterocycles. The Labute approximate surface area is 144 Å². The van der Waals surface area contributed by atoms with Crippen molar-refractivity contribution in [2.45, 2.75) is 25.8 Å². The second kappa shape index (κ2) is 7.99. The summed E-state index contributed by atoms with van der Waals surface area (Å²) in [7, 11) is 1.78. The Kier molecular flexibility index (Phi) is 5.75. The molecule has 2 heterocycles. The Morgan fingerprint density at radius 2 is 2.17 bits per heavy atom. The zero-order valence-electron chi connectivity index (χ0n) is 13.4. The number of para-hydroxylation sites is 1. The topological polar surface area (TPSA) is 56.1 Å². The zero-order chi connectivity index (χ0) is 16.1. The summed E-state index contributed by atoms with van der Waals surface area (Å²) in [5.41, 5.74) is 0.968. The van der Waals surface area contributed by atoms with Gasteiger partial charge in [0.1, 0.15) is 0 Å². The van der Waals surface area contributed by atoms with Crippen LogP contribution in [0.5, 0.6) is 0 Å². The molecule has 6 nitrogen and oxygen atoms in total. The highest BCUT2D eigenvalue weighted by atomic mass is 79.9. The summed E-state index contributed by atoms with van der Waals surface area (Å²) in [6.45, 7) is 3.71. The lowest BCUT2D eigenvalue weighted by Crippen LogP contribution is -2.31. The van der Waals surface area contributed by atoms with Crippen molar-refractivity contribution in [3.8, 4) is 5.69 Å². The van der Waals surface area contributed by atoms with Crippen molar-refractivity contribution in [3.63, 3.8) is 0 Å². The van der Waals surface area contributed by atoms with Gasteiger partial charge in [0.25, 0.3) is 0 Å². The van der Waals surface area contributed by atoms with Crippen LogP contribution in [0.1, 0.15) is 25.1 Å². The van der Waals surface area contributed by atoms with Gasteiger partial charge in [0.05, 0.1) is 18.8 Å². The van der Waals surface area contributed by atoms with Crippen LogP contribution >= 0.6 is 15.9 Å². The molecule has 1 aromatic carbocycles. The number of tetrazole rings is 1. The van der Waals surface area contributed by atoms with Crippen LogP contribution in [-0.2, 0) is 11.3 Å². The van der Waals surface area contributed by atoms with Gasteiger partial charge >= 0.3 is 0 Å². The van der Waals surface area contributed by atoms with Crippen molar-refractivity contribution in [1.82, 2.24) is 25.1 Å². The minimum Gasteiger partial charge on any atom is -0.384 e. The Morgan fingerprint density at radius 3 is 3.00 bits per heavy atom. The molecule has 0 spiro atoms. The van der Waals surface area contributed by atoms with Gasteiger partial charge in [0, 0.05) is 18.1 Å². The predicted octanol–water partition coefficient (Wildman–Crippen LogP) is 2.67. The Bertz CT molecular complexity index is 632. The third kappa shape index (κ3) is 4.16. The summed E-state index contributed by atoms with van der Waals surface area (Å²) in [6.07, 6.45) is 3.72. The van der Waals surface area contributed by atoms with E-state index in [1.807, 2.05) is 28.9 Å². The van der Waals surface area contributed by atoms with E-state index in [1.54, 1.807) is 7.11 Å². The maximum Gasteiger partial charge on any atom is 0.170 e. The fourth-order valence-corrected chi connectivity index (χ4v) is 3.60. The van der Waals surface area contributed by atoms with Crippen LogP contribution in [-0.4, -0.2) is 51.9 Å². The molecule has 1 aliphatic rings. The molecule has 1 unspecified atom stereocenters. The van der Waals surface area contributed by atoms with Crippen molar-refractivity contribution in [2.75, 3.05) is 26.8 Å². The van der Waals surface area contributed by atoms with Gasteiger partial charge in [0.2, 0.25) is 0 Å². The van der Waals surface area contributed by atoms with Crippen LogP contribution in [0.25, 0.3) is 5.69 Å². The molecule has 1 saturated heterocycles. The first-order chi connectivity index (χ1) is 11.3. The maximum atomic E-state index is 5.35. The molecule has 0 bridgehead atoms. The average Bonchev–Trinajstić information content (AvgIpc) is 2.88. The lowest BCUT2D eigenvalue weighted by atomic mass is 10.0. The van der Waals surface area contributed by atoms with Crippen LogP contribution < -0.4 is 0 Å². The summed E-state index contributed by atoms with van der Waals surface area (Å²) >= 11 is 3.57. The van der Waals surface area contributed by atoms with Crippen molar-refractivity contribution < 1.29 is 4.74 Å². The first kappa shape index (κ1) is 16.5. The fraction of sp³-hybridized carbons (Fsp3) is 0.562. The molecule has 0 amide bonds. The fourth-order valence-electron chi connectivity index (χ4n) is 3.15. The number of hydrogen-bond donors (Lipinski definition) is 0. The second-order valence-corrected chi connectivity index (χ2v) is 6.86. The molecule has 0 radical (unpaired) electrons. The lowest BCUT2D eigenvalue weighted by Gasteiger charge is -2.23. The third-order valence-electron chi connectivity index (χ3n) is 4.24. The molecule has 2 aromatic rings. The lowest BCUT2D eigenvalue weighted by molar-refractivity contribution is 0.123. The number of methoxy groups -OCH3 is 1. The van der Waals surface area contributed by atoms with Crippen LogP contribution in [0.2, 0.25) is 0 Å². The van der Waals surface area contributed by atoms with Crippen LogP contribution in [0.4, 0.5) is 0 Å². The monoisotopic (exact) mass is 379 g/mol. The highest BCUT2D eigenvalue weighted by Gasteiger charge is 2.21. The van der Waals surface area contributed by atoms with E-state index in [0.29, 0.717) is 5.92 Å². The summed E-state index contributed by atoms with van der Waals surface area (Å²) in [4.78, 5) is 2.44. The van der Waals surface area contributed by atoms with Crippen LogP contribution in [0, 0.1) is 5.92 Å². The minimum absolute atomic E-state index is 0.593. The van der Waals surface area contributed by atoms with E-state index in [9.17, 15) is 0 Å². The number of halogens is 1. The van der Waals surface area contributed by atoms with E-state index in [1.165, 1.54) is 19.3 Å². The molecule has 1 fully saturated rings. The van der Waals surface area contributed by atoms with Crippen LogP contribution in [0.3, 0.4) is 0 Å². The Morgan fingerprint density at radius 1 is 1.30 bits per heavy atom. The molecule has 1 atom stereocenters. The van der Waals surface area contributed by atoms with Crippen molar-refractivity contribution in [3.05, 3.63) is 34.6 Å². The smallest absolute Gasteiger partial charge is 0.170 e. The first-order valence-electron chi connectivity index (χ1n) is 8.01. The summed E-state index contributed by atoms with van der Waals surface area (Å²) < 4.78 is 8.16. The molecule has 3 rings (SSSR count). The van der Waals surface area contributed by atoms with E-state index in [0.717, 1.165) is 42.2 Å². The number of aromatic nitrogens is 4. The van der Waals surface area contributed by atoms with Crippen molar-refractivity contribution >= 4 is 15.9 Å². The predicted molar refractivity (Wildman–Crippen MR) is 91.3 cm³/mol. The average molecular weight is 380 g/mol. The zero-order valence-corrected chi connectivity index (χ0v) is 14.9. The van der Waals surface area contributed by atoms with E-state index >= 15 is 0 Å². The number of rotatable bonds is 5. The van der Waals surface area contributed by atoms with Gasteiger partial charge in [-0.3, -0.25) is 4.90 Å². The third-order valence-corrected chi connectivity index (χ3v) is 4.91. The molecule has 0 saturated carbocycles. The van der Waals surface area contributed by atoms with Gasteiger partial charge in [-0.1, -0.05) is 18.6 Å². The summed E-state index contributed by atoms with van der Waals surface area (Å²) in [5, 5.41) is 12.3. The molecular formula is C16H22BrN5O. The quantitative estimate of drug-likeness (QED) is 0.799. The molecule has 124 valence electrons. The van der Waals surface area contributed by atoms with Gasteiger partial charge in [0.15, 0.2) is 5.82 Å². The van der Waals surface area contributed by atoms with Crippen molar-refractivity contribution in [2.24, 2.45) is 5.92 Å².